The zero-order chi connectivity index (χ0) is 24.1. The molecule has 1 saturated carbocycles. The summed E-state index contributed by atoms with van der Waals surface area (Å²) in [6, 6.07) is 13.0. The molecule has 1 heterocycles. The number of fused-ring (bicyclic) bond motifs is 1. The lowest BCUT2D eigenvalue weighted by Crippen LogP contribution is -2.39. The third-order valence-corrected chi connectivity index (χ3v) is 6.54. The number of nitrogens with zero attached hydrogens (tertiary/aromatic N) is 1. The molecular weight excluding hydrogens is 434 g/mol. The fraction of sp³-hybridized carbons (Fsp3) is 0.423. The van der Waals surface area contributed by atoms with Gasteiger partial charge in [0.1, 0.15) is 6.10 Å². The zero-order valence-electron chi connectivity index (χ0n) is 19.4. The van der Waals surface area contributed by atoms with Crippen LogP contribution in [0.25, 0.3) is 0 Å². The van der Waals surface area contributed by atoms with Crippen LogP contribution in [0.1, 0.15) is 48.8 Å². The second-order valence-electron chi connectivity index (χ2n) is 9.23. The summed E-state index contributed by atoms with van der Waals surface area (Å²) >= 11 is 0. The Kier molecular flexibility index (Phi) is 7.35. The number of benzene rings is 2. The highest BCUT2D eigenvalue weighted by molar-refractivity contribution is 5.99. The lowest BCUT2D eigenvalue weighted by molar-refractivity contribution is -0.138. The van der Waals surface area contributed by atoms with Crippen molar-refractivity contribution in [1.82, 2.24) is 4.90 Å². The third kappa shape index (κ3) is 6.27. The van der Waals surface area contributed by atoms with Gasteiger partial charge in [-0.3, -0.25) is 4.79 Å². The summed E-state index contributed by atoms with van der Waals surface area (Å²) in [5.74, 6) is -0.589. The van der Waals surface area contributed by atoms with E-state index in [2.05, 4.69) is 10.6 Å². The number of carboxylic acids is 1. The molecule has 4 rings (SSSR count). The van der Waals surface area contributed by atoms with Gasteiger partial charge in [-0.25, -0.2) is 9.59 Å². The van der Waals surface area contributed by atoms with E-state index in [0.29, 0.717) is 38.0 Å². The highest BCUT2D eigenvalue weighted by Crippen LogP contribution is 2.30. The summed E-state index contributed by atoms with van der Waals surface area (Å²) in [4.78, 5) is 37.6. The summed E-state index contributed by atoms with van der Waals surface area (Å²) in [6.45, 7) is 3.00. The van der Waals surface area contributed by atoms with Crippen molar-refractivity contribution in [2.45, 2.75) is 58.1 Å². The van der Waals surface area contributed by atoms with Crippen LogP contribution in [0.15, 0.2) is 42.5 Å². The number of urea groups is 1. The molecule has 0 aromatic heterocycles. The second-order valence-corrected chi connectivity index (χ2v) is 9.23. The molecule has 3 amide bonds. The van der Waals surface area contributed by atoms with E-state index in [1.807, 2.05) is 49.4 Å². The molecule has 0 radical (unpaired) electrons. The first-order chi connectivity index (χ1) is 16.4. The van der Waals surface area contributed by atoms with Crippen molar-refractivity contribution in [2.75, 3.05) is 17.2 Å². The Labute approximate surface area is 199 Å². The standard InChI is InChI=1S/C26H31N3O5/c1-17-3-2-4-21(13-17)27-25(32)28-22-8-7-20-16-29(12-11-19(20)15-22)26(33)34-23-9-5-18(6-10-23)14-24(30)31/h2-4,7-8,13,15,18,23H,5-6,9-12,14,16H2,1H3,(H,30,31)(H2,27,28,32). The third-order valence-electron chi connectivity index (χ3n) is 6.54. The fourth-order valence-corrected chi connectivity index (χ4v) is 4.72. The minimum atomic E-state index is -0.766. The van der Waals surface area contributed by atoms with Crippen molar-refractivity contribution in [1.29, 1.82) is 0 Å². The van der Waals surface area contributed by atoms with E-state index >= 15 is 0 Å². The van der Waals surface area contributed by atoms with Gasteiger partial charge in [0.15, 0.2) is 0 Å². The molecule has 2 aromatic rings. The molecule has 1 aliphatic heterocycles. The Hall–Kier alpha value is -3.55. The summed E-state index contributed by atoms with van der Waals surface area (Å²) in [5, 5.41) is 14.6. The first-order valence-electron chi connectivity index (χ1n) is 11.8. The number of aliphatic carboxylic acids is 1. The van der Waals surface area contributed by atoms with Crippen LogP contribution in [0.2, 0.25) is 0 Å². The van der Waals surface area contributed by atoms with E-state index in [1.54, 1.807) is 4.90 Å². The van der Waals surface area contributed by atoms with Crippen LogP contribution >= 0.6 is 0 Å². The number of carbonyl (C=O) groups excluding carboxylic acids is 2. The van der Waals surface area contributed by atoms with E-state index in [0.717, 1.165) is 35.2 Å². The Bertz CT molecular complexity index is 1060. The normalized spacial score (nSPS) is 19.6. The maximum absolute atomic E-state index is 12.7. The lowest BCUT2D eigenvalue weighted by Gasteiger charge is -2.32. The number of nitrogens with one attached hydrogen (secondary N) is 2. The van der Waals surface area contributed by atoms with Gasteiger partial charge in [-0.15, -0.1) is 0 Å². The summed E-state index contributed by atoms with van der Waals surface area (Å²) in [7, 11) is 0. The van der Waals surface area contributed by atoms with Gasteiger partial charge in [0.25, 0.3) is 0 Å². The van der Waals surface area contributed by atoms with Crippen molar-refractivity contribution in [3.63, 3.8) is 0 Å². The predicted molar refractivity (Wildman–Crippen MR) is 129 cm³/mol. The molecule has 0 bridgehead atoms. The predicted octanol–water partition coefficient (Wildman–Crippen LogP) is 5.17. The van der Waals surface area contributed by atoms with Gasteiger partial charge >= 0.3 is 18.1 Å². The number of hydrogen-bond acceptors (Lipinski definition) is 4. The average Bonchev–Trinajstić information content (AvgIpc) is 2.79. The Morgan fingerprint density at radius 3 is 2.44 bits per heavy atom. The fourth-order valence-electron chi connectivity index (χ4n) is 4.72. The molecule has 0 unspecified atom stereocenters. The van der Waals surface area contributed by atoms with Gasteiger partial charge in [0.2, 0.25) is 0 Å². The smallest absolute Gasteiger partial charge is 0.410 e. The number of amides is 3. The lowest BCUT2D eigenvalue weighted by atomic mass is 9.85. The van der Waals surface area contributed by atoms with Crippen molar-refractivity contribution >= 4 is 29.5 Å². The maximum Gasteiger partial charge on any atom is 0.410 e. The summed E-state index contributed by atoms with van der Waals surface area (Å²) in [6.07, 6.45) is 3.41. The van der Waals surface area contributed by atoms with E-state index in [9.17, 15) is 14.4 Å². The summed E-state index contributed by atoms with van der Waals surface area (Å²) in [5.41, 5.74) is 4.66. The molecule has 34 heavy (non-hydrogen) atoms. The van der Waals surface area contributed by atoms with Crippen LogP contribution in [-0.4, -0.2) is 40.7 Å². The Morgan fingerprint density at radius 1 is 1.00 bits per heavy atom. The number of aryl methyl sites for hydroxylation is 1. The minimum Gasteiger partial charge on any atom is -0.481 e. The molecule has 0 atom stereocenters. The highest BCUT2D eigenvalue weighted by atomic mass is 16.6. The molecule has 3 N–H and O–H groups in total. The number of rotatable bonds is 5. The topological polar surface area (TPSA) is 108 Å². The largest absolute Gasteiger partial charge is 0.481 e. The Balaban J connectivity index is 1.27. The number of ether oxygens (including phenoxy) is 1. The number of hydrogen-bond donors (Lipinski definition) is 3. The van der Waals surface area contributed by atoms with Gasteiger partial charge in [-0.05, 0) is 85.9 Å². The quantitative estimate of drug-likeness (QED) is 0.565. The monoisotopic (exact) mass is 465 g/mol. The van der Waals surface area contributed by atoms with Crippen LogP contribution in [0.4, 0.5) is 21.0 Å². The van der Waals surface area contributed by atoms with Gasteiger partial charge in [0, 0.05) is 30.9 Å². The van der Waals surface area contributed by atoms with E-state index in [1.165, 1.54) is 0 Å². The molecule has 180 valence electrons. The molecule has 2 aliphatic rings. The van der Waals surface area contributed by atoms with Gasteiger partial charge < -0.3 is 25.4 Å². The van der Waals surface area contributed by atoms with Crippen molar-refractivity contribution in [3.05, 3.63) is 59.2 Å². The number of carboxylic acid groups (broad SMARTS) is 1. The van der Waals surface area contributed by atoms with Gasteiger partial charge in [0.05, 0.1) is 0 Å². The molecule has 1 aliphatic carbocycles. The van der Waals surface area contributed by atoms with Gasteiger partial charge in [-0.1, -0.05) is 18.2 Å². The van der Waals surface area contributed by atoms with Crippen LogP contribution in [-0.2, 0) is 22.5 Å². The maximum atomic E-state index is 12.7. The number of anilines is 2. The molecule has 8 nitrogen and oxygen atoms in total. The average molecular weight is 466 g/mol. The first-order valence-corrected chi connectivity index (χ1v) is 11.8. The first kappa shape index (κ1) is 23.6. The minimum absolute atomic E-state index is 0.141. The zero-order valence-corrected chi connectivity index (χ0v) is 19.4. The molecule has 1 fully saturated rings. The molecule has 0 saturated heterocycles. The molecule has 8 heteroatoms. The van der Waals surface area contributed by atoms with Crippen LogP contribution in [0.5, 0.6) is 0 Å². The number of carbonyl (C=O) groups is 3. The van der Waals surface area contributed by atoms with Crippen LogP contribution in [0.3, 0.4) is 0 Å². The highest BCUT2D eigenvalue weighted by Gasteiger charge is 2.28. The van der Waals surface area contributed by atoms with E-state index < -0.39 is 5.97 Å². The summed E-state index contributed by atoms with van der Waals surface area (Å²) < 4.78 is 5.71. The van der Waals surface area contributed by atoms with Gasteiger partial charge in [-0.2, -0.15) is 0 Å². The van der Waals surface area contributed by atoms with Crippen molar-refractivity contribution < 1.29 is 24.2 Å². The molecular formula is C26H31N3O5. The second kappa shape index (κ2) is 10.6. The van der Waals surface area contributed by atoms with Crippen LogP contribution in [0, 0.1) is 12.8 Å². The molecule has 2 aromatic carbocycles. The SMILES string of the molecule is Cc1cccc(NC(=O)Nc2ccc3c(c2)CCN(C(=O)OC2CCC(CC(=O)O)CC2)C3)c1. The van der Waals surface area contributed by atoms with Crippen LogP contribution < -0.4 is 10.6 Å². The Morgan fingerprint density at radius 2 is 1.74 bits per heavy atom. The van der Waals surface area contributed by atoms with Crippen molar-refractivity contribution in [3.8, 4) is 0 Å². The molecule has 0 spiro atoms. The van der Waals surface area contributed by atoms with Crippen molar-refractivity contribution in [2.24, 2.45) is 5.92 Å². The van der Waals surface area contributed by atoms with E-state index in [4.69, 9.17) is 9.84 Å². The van der Waals surface area contributed by atoms with E-state index in [-0.39, 0.29) is 30.6 Å².